The molecule has 34 heavy (non-hydrogen) atoms. The quantitative estimate of drug-likeness (QED) is 0.617. The van der Waals surface area contributed by atoms with Gasteiger partial charge in [0.05, 0.1) is 29.7 Å². The molecule has 1 aliphatic rings. The van der Waals surface area contributed by atoms with Gasteiger partial charge in [-0.05, 0) is 49.4 Å². The maximum absolute atomic E-state index is 13.4. The average Bonchev–Trinajstić information content (AvgIpc) is 2.80. The molecule has 0 fully saturated rings. The molecule has 3 atom stereocenters. The molecular formula is C24H32ClN3O5S. The number of halogens is 1. The summed E-state index contributed by atoms with van der Waals surface area (Å²) in [5.74, 6) is -0.0465. The summed E-state index contributed by atoms with van der Waals surface area (Å²) in [7, 11) is 1.50. The Kier molecular flexibility index (Phi) is 8.13. The Bertz CT molecular complexity index is 1120. The second kappa shape index (κ2) is 10.5. The van der Waals surface area contributed by atoms with E-state index in [4.69, 9.17) is 16.3 Å². The van der Waals surface area contributed by atoms with Crippen molar-refractivity contribution in [3.8, 4) is 5.75 Å². The van der Waals surface area contributed by atoms with E-state index in [2.05, 4.69) is 0 Å². The highest BCUT2D eigenvalue weighted by Crippen LogP contribution is 2.31. The van der Waals surface area contributed by atoms with Gasteiger partial charge < -0.3 is 19.6 Å². The molecule has 2 aromatic carbocycles. The van der Waals surface area contributed by atoms with E-state index in [0.29, 0.717) is 22.9 Å². The minimum Gasteiger partial charge on any atom is -0.488 e. The Morgan fingerprint density at radius 1 is 1.18 bits per heavy atom. The summed E-state index contributed by atoms with van der Waals surface area (Å²) in [6.45, 7) is 3.91. The van der Waals surface area contributed by atoms with Crippen molar-refractivity contribution in [1.29, 1.82) is 0 Å². The van der Waals surface area contributed by atoms with Gasteiger partial charge in [-0.25, -0.2) is 8.42 Å². The van der Waals surface area contributed by atoms with E-state index in [-0.39, 0.29) is 29.9 Å². The minimum atomic E-state index is -3.77. The zero-order valence-corrected chi connectivity index (χ0v) is 21.7. The van der Waals surface area contributed by atoms with Crippen LogP contribution in [0.4, 0.5) is 5.69 Å². The van der Waals surface area contributed by atoms with Gasteiger partial charge >= 0.3 is 0 Å². The van der Waals surface area contributed by atoms with Gasteiger partial charge in [-0.3, -0.25) is 4.79 Å². The van der Waals surface area contributed by atoms with E-state index < -0.39 is 22.2 Å². The van der Waals surface area contributed by atoms with Crippen LogP contribution in [0.3, 0.4) is 0 Å². The summed E-state index contributed by atoms with van der Waals surface area (Å²) in [5.41, 5.74) is 1.21. The number of fused-ring (bicyclic) bond motifs is 1. The number of rotatable bonds is 7. The lowest BCUT2D eigenvalue weighted by Gasteiger charge is -2.38. The number of anilines is 1. The lowest BCUT2D eigenvalue weighted by molar-refractivity contribution is 0.0387. The van der Waals surface area contributed by atoms with Gasteiger partial charge in [0.2, 0.25) is 10.0 Å². The zero-order valence-electron chi connectivity index (χ0n) is 20.1. The molecule has 1 amide bonds. The molecule has 186 valence electrons. The molecule has 0 aliphatic carbocycles. The number of carbonyl (C=O) groups is 1. The number of benzene rings is 2. The van der Waals surface area contributed by atoms with E-state index in [9.17, 15) is 18.3 Å². The fraction of sp³-hybridized carbons (Fsp3) is 0.458. The summed E-state index contributed by atoms with van der Waals surface area (Å²) in [5, 5.41) is 10.2. The van der Waals surface area contributed by atoms with Crippen molar-refractivity contribution in [2.24, 2.45) is 5.92 Å². The molecule has 1 aliphatic heterocycles. The number of nitrogens with zero attached hydrogens (tertiary/aromatic N) is 3. The maximum Gasteiger partial charge on any atom is 0.258 e. The highest BCUT2D eigenvalue weighted by molar-refractivity contribution is 7.89. The van der Waals surface area contributed by atoms with Crippen LogP contribution in [0.1, 0.15) is 24.2 Å². The Morgan fingerprint density at radius 2 is 1.82 bits per heavy atom. The first-order valence-electron chi connectivity index (χ1n) is 11.1. The molecule has 3 rings (SSSR count). The molecule has 0 spiro atoms. The molecule has 8 nitrogen and oxygen atoms in total. The van der Waals surface area contributed by atoms with Crippen LogP contribution in [0, 0.1) is 5.92 Å². The number of likely N-dealkylation sites (N-methyl/N-ethyl adjacent to an activating group) is 1. The van der Waals surface area contributed by atoms with Gasteiger partial charge in [-0.1, -0.05) is 18.5 Å². The van der Waals surface area contributed by atoms with E-state index >= 15 is 0 Å². The minimum absolute atomic E-state index is 0.0799. The molecule has 0 unspecified atom stereocenters. The second-order valence-electron chi connectivity index (χ2n) is 8.94. The molecule has 0 aromatic heterocycles. The van der Waals surface area contributed by atoms with Crippen LogP contribution in [-0.4, -0.2) is 81.6 Å². The van der Waals surface area contributed by atoms with E-state index in [1.807, 2.05) is 32.0 Å². The van der Waals surface area contributed by atoms with Gasteiger partial charge in [0.15, 0.2) is 0 Å². The number of hydrogen-bond donors (Lipinski definition) is 1. The molecule has 0 bridgehead atoms. The van der Waals surface area contributed by atoms with Crippen molar-refractivity contribution in [3.63, 3.8) is 0 Å². The van der Waals surface area contributed by atoms with Crippen molar-refractivity contribution in [1.82, 2.24) is 9.21 Å². The first kappa shape index (κ1) is 26.3. The predicted molar refractivity (Wildman–Crippen MR) is 133 cm³/mol. The van der Waals surface area contributed by atoms with Gasteiger partial charge in [-0.15, -0.1) is 0 Å². The average molecular weight is 510 g/mol. The Hall–Kier alpha value is -2.33. The third-order valence-electron chi connectivity index (χ3n) is 6.12. The Labute approximate surface area is 206 Å². The predicted octanol–water partition coefficient (Wildman–Crippen LogP) is 2.95. The van der Waals surface area contributed by atoms with Crippen LogP contribution >= 0.6 is 11.6 Å². The first-order chi connectivity index (χ1) is 15.9. The molecule has 10 heteroatoms. The molecule has 2 aromatic rings. The Balaban J connectivity index is 1.97. The standard InChI is InChI=1S/C24H32ClN3O5S/c1-16-13-28(17(2)15-29)24(30)21-12-19(26(3)4)8-11-22(21)33-23(16)14-27(5)34(31,32)20-9-6-18(25)7-10-20/h6-12,16-17,23,29H,13-15H2,1-5H3/t16-,17-,23+/m1/s1. The molecule has 0 saturated carbocycles. The summed E-state index contributed by atoms with van der Waals surface area (Å²) in [6.07, 6.45) is -0.530. The number of amides is 1. The van der Waals surface area contributed by atoms with Crippen molar-refractivity contribution in [3.05, 3.63) is 53.1 Å². The number of aliphatic hydroxyl groups excluding tert-OH is 1. The van der Waals surface area contributed by atoms with Crippen molar-refractivity contribution < 1.29 is 23.1 Å². The summed E-state index contributed by atoms with van der Waals surface area (Å²) >= 11 is 5.91. The topological polar surface area (TPSA) is 90.4 Å². The van der Waals surface area contributed by atoms with Crippen LogP contribution in [0.25, 0.3) is 0 Å². The van der Waals surface area contributed by atoms with Gasteiger partial charge in [0.25, 0.3) is 5.91 Å². The number of carbonyl (C=O) groups excluding carboxylic acids is 1. The lowest BCUT2D eigenvalue weighted by Crippen LogP contribution is -2.50. The number of hydrogen-bond acceptors (Lipinski definition) is 6. The summed E-state index contributed by atoms with van der Waals surface area (Å²) < 4.78 is 33.8. The molecule has 0 saturated heterocycles. The largest absolute Gasteiger partial charge is 0.488 e. The number of ether oxygens (including phenoxy) is 1. The van der Waals surface area contributed by atoms with Crippen molar-refractivity contribution >= 4 is 33.2 Å². The fourth-order valence-electron chi connectivity index (χ4n) is 3.84. The van der Waals surface area contributed by atoms with Crippen LogP contribution in [-0.2, 0) is 10.0 Å². The van der Waals surface area contributed by atoms with E-state index in [1.165, 1.54) is 35.6 Å². The zero-order chi connectivity index (χ0) is 25.2. The maximum atomic E-state index is 13.4. The van der Waals surface area contributed by atoms with Gasteiger partial charge in [0, 0.05) is 44.3 Å². The van der Waals surface area contributed by atoms with Gasteiger partial charge in [-0.2, -0.15) is 4.31 Å². The number of sulfonamides is 1. The van der Waals surface area contributed by atoms with Gasteiger partial charge in [0.1, 0.15) is 11.9 Å². The SMILES string of the molecule is C[C@@H]1CN([C@H](C)CO)C(=O)c2cc(N(C)C)ccc2O[C@H]1CN(C)S(=O)(=O)c1ccc(Cl)cc1. The monoisotopic (exact) mass is 509 g/mol. The van der Waals surface area contributed by atoms with Crippen molar-refractivity contribution in [2.45, 2.75) is 30.9 Å². The summed E-state index contributed by atoms with van der Waals surface area (Å²) in [4.78, 5) is 17.1. The molecule has 1 heterocycles. The smallest absolute Gasteiger partial charge is 0.258 e. The molecule has 1 N–H and O–H groups in total. The Morgan fingerprint density at radius 3 is 2.41 bits per heavy atom. The van der Waals surface area contributed by atoms with E-state index in [1.54, 1.807) is 24.0 Å². The van der Waals surface area contributed by atoms with E-state index in [0.717, 1.165) is 5.69 Å². The molecular weight excluding hydrogens is 478 g/mol. The third-order valence-corrected chi connectivity index (χ3v) is 8.21. The highest BCUT2D eigenvalue weighted by atomic mass is 35.5. The second-order valence-corrected chi connectivity index (χ2v) is 11.4. The van der Waals surface area contributed by atoms with Crippen molar-refractivity contribution in [2.75, 3.05) is 45.7 Å². The molecule has 0 radical (unpaired) electrons. The highest BCUT2D eigenvalue weighted by Gasteiger charge is 2.35. The normalized spacial score (nSPS) is 19.8. The first-order valence-corrected chi connectivity index (χ1v) is 12.9. The summed E-state index contributed by atoms with van der Waals surface area (Å²) in [6, 6.07) is 11.0. The lowest BCUT2D eigenvalue weighted by atomic mass is 9.99. The number of aliphatic hydroxyl groups is 1. The van der Waals surface area contributed by atoms with Crippen LogP contribution < -0.4 is 9.64 Å². The van der Waals surface area contributed by atoms with Crippen LogP contribution in [0.5, 0.6) is 5.75 Å². The van der Waals surface area contributed by atoms with Crippen LogP contribution in [0.15, 0.2) is 47.4 Å². The van der Waals surface area contributed by atoms with Crippen LogP contribution in [0.2, 0.25) is 5.02 Å². The third kappa shape index (κ3) is 5.49. The fourth-order valence-corrected chi connectivity index (χ4v) is 5.15.